The van der Waals surface area contributed by atoms with Crippen molar-refractivity contribution in [3.63, 3.8) is 0 Å². The van der Waals surface area contributed by atoms with Crippen LogP contribution in [0.25, 0.3) is 11.3 Å². The molecule has 0 bridgehead atoms. The fraction of sp³-hybridized carbons (Fsp3) is 0.292. The summed E-state index contributed by atoms with van der Waals surface area (Å²) in [6.07, 6.45) is 1.74. The van der Waals surface area contributed by atoms with Crippen LogP contribution in [0.5, 0.6) is 5.75 Å². The number of anilines is 2. The number of aromatic nitrogens is 2. The van der Waals surface area contributed by atoms with Crippen LogP contribution >= 0.6 is 0 Å². The van der Waals surface area contributed by atoms with Gasteiger partial charge in [0.15, 0.2) is 5.82 Å². The Morgan fingerprint density at radius 2 is 1.87 bits per heavy atom. The number of rotatable bonds is 6. The first-order chi connectivity index (χ1) is 15.1. The van der Waals surface area contributed by atoms with E-state index < -0.39 is 0 Å². The molecule has 7 heteroatoms. The quantitative estimate of drug-likeness (QED) is 0.634. The maximum atomic E-state index is 13.1. The van der Waals surface area contributed by atoms with Crippen molar-refractivity contribution in [2.45, 2.75) is 19.8 Å². The number of hydrogen-bond acceptors (Lipinski definition) is 5. The minimum absolute atomic E-state index is 0.00440. The van der Waals surface area contributed by atoms with Crippen LogP contribution in [0.15, 0.2) is 60.7 Å². The number of benzene rings is 2. The summed E-state index contributed by atoms with van der Waals surface area (Å²) < 4.78 is 18.6. The van der Waals surface area contributed by atoms with Crippen molar-refractivity contribution in [1.29, 1.82) is 0 Å². The van der Waals surface area contributed by atoms with E-state index in [4.69, 9.17) is 4.74 Å². The Morgan fingerprint density at radius 1 is 1.10 bits per heavy atom. The highest BCUT2D eigenvalue weighted by Crippen LogP contribution is 2.25. The minimum atomic E-state index is -0.281. The first-order valence-electron chi connectivity index (χ1n) is 10.5. The van der Waals surface area contributed by atoms with Gasteiger partial charge in [0.25, 0.3) is 0 Å². The largest absolute Gasteiger partial charge is 0.494 e. The summed E-state index contributed by atoms with van der Waals surface area (Å²) in [4.78, 5) is 14.9. The molecular formula is C24H25FN4O2. The Bertz CT molecular complexity index is 1010. The number of hydrogen-bond donors (Lipinski definition) is 1. The number of halogens is 1. The molecule has 0 radical (unpaired) electrons. The van der Waals surface area contributed by atoms with Crippen molar-refractivity contribution in [1.82, 2.24) is 10.2 Å². The molecule has 0 saturated carbocycles. The van der Waals surface area contributed by atoms with Crippen molar-refractivity contribution in [2.24, 2.45) is 5.92 Å². The van der Waals surface area contributed by atoms with E-state index in [0.29, 0.717) is 18.8 Å². The molecule has 1 saturated heterocycles. The molecule has 1 N–H and O–H groups in total. The van der Waals surface area contributed by atoms with Crippen molar-refractivity contribution in [3.8, 4) is 17.0 Å². The first-order valence-corrected chi connectivity index (χ1v) is 10.5. The van der Waals surface area contributed by atoms with E-state index in [0.717, 1.165) is 42.2 Å². The van der Waals surface area contributed by atoms with Gasteiger partial charge in [-0.25, -0.2) is 4.39 Å². The van der Waals surface area contributed by atoms with E-state index in [9.17, 15) is 9.18 Å². The van der Waals surface area contributed by atoms with Gasteiger partial charge < -0.3 is 15.0 Å². The van der Waals surface area contributed by atoms with Crippen molar-refractivity contribution in [2.75, 3.05) is 29.9 Å². The van der Waals surface area contributed by atoms with Crippen LogP contribution in [0.1, 0.15) is 19.8 Å². The second-order valence-electron chi connectivity index (χ2n) is 7.52. The van der Waals surface area contributed by atoms with E-state index in [2.05, 4.69) is 20.4 Å². The van der Waals surface area contributed by atoms with Gasteiger partial charge in [0.2, 0.25) is 5.91 Å². The molecule has 1 unspecified atom stereocenters. The molecule has 160 valence electrons. The molecule has 1 amide bonds. The molecule has 0 spiro atoms. The molecule has 31 heavy (non-hydrogen) atoms. The number of piperidine rings is 1. The number of nitrogens with one attached hydrogen (secondary N) is 1. The van der Waals surface area contributed by atoms with Gasteiger partial charge >= 0.3 is 0 Å². The van der Waals surface area contributed by atoms with E-state index in [1.807, 2.05) is 43.3 Å². The lowest BCUT2D eigenvalue weighted by atomic mass is 9.97. The standard InChI is InChI=1S/C24H25FN4O2/c1-2-31-21-11-9-20(10-12-21)26-24(30)18-4-3-15-29(16-18)23-14-13-22(27-28-23)17-5-7-19(25)8-6-17/h5-14,18H,2-4,15-16H2,1H3,(H,26,30). The van der Waals surface area contributed by atoms with Gasteiger partial charge in [0, 0.05) is 24.3 Å². The number of nitrogens with zero attached hydrogens (tertiary/aromatic N) is 3. The van der Waals surface area contributed by atoms with Crippen LogP contribution in [-0.2, 0) is 4.79 Å². The Balaban J connectivity index is 1.38. The third-order valence-electron chi connectivity index (χ3n) is 5.34. The number of carbonyl (C=O) groups excluding carboxylic acids is 1. The summed E-state index contributed by atoms with van der Waals surface area (Å²) in [5.74, 6) is 1.12. The molecule has 1 aliphatic heterocycles. The Labute approximate surface area is 181 Å². The average molecular weight is 420 g/mol. The molecule has 1 atom stereocenters. The third kappa shape index (κ3) is 5.17. The van der Waals surface area contributed by atoms with Gasteiger partial charge in [0.1, 0.15) is 11.6 Å². The monoisotopic (exact) mass is 420 g/mol. The van der Waals surface area contributed by atoms with E-state index in [-0.39, 0.29) is 17.6 Å². The molecular weight excluding hydrogens is 395 g/mol. The van der Waals surface area contributed by atoms with Crippen molar-refractivity contribution < 1.29 is 13.9 Å². The van der Waals surface area contributed by atoms with Crippen LogP contribution < -0.4 is 15.0 Å². The zero-order chi connectivity index (χ0) is 21.6. The van der Waals surface area contributed by atoms with Crippen molar-refractivity contribution >= 4 is 17.4 Å². The molecule has 2 heterocycles. The summed E-state index contributed by atoms with van der Waals surface area (Å²) in [5, 5.41) is 11.6. The fourth-order valence-corrected chi connectivity index (χ4v) is 3.71. The number of amides is 1. The highest BCUT2D eigenvalue weighted by atomic mass is 19.1. The number of ether oxygens (including phenoxy) is 1. The van der Waals surface area contributed by atoms with Gasteiger partial charge in [-0.1, -0.05) is 0 Å². The first kappa shape index (κ1) is 20.8. The van der Waals surface area contributed by atoms with E-state index in [1.165, 1.54) is 12.1 Å². The summed E-state index contributed by atoms with van der Waals surface area (Å²) in [5.41, 5.74) is 2.26. The van der Waals surface area contributed by atoms with Gasteiger partial charge in [0.05, 0.1) is 18.2 Å². The van der Waals surface area contributed by atoms with Crippen LogP contribution in [0.3, 0.4) is 0 Å². The molecule has 1 aliphatic rings. The lowest BCUT2D eigenvalue weighted by Crippen LogP contribution is -2.41. The molecule has 2 aromatic carbocycles. The van der Waals surface area contributed by atoms with Crippen LogP contribution in [0.2, 0.25) is 0 Å². The summed E-state index contributed by atoms with van der Waals surface area (Å²) in [6, 6.07) is 17.4. The minimum Gasteiger partial charge on any atom is -0.494 e. The van der Waals surface area contributed by atoms with Gasteiger partial charge in [-0.3, -0.25) is 4.79 Å². The zero-order valence-electron chi connectivity index (χ0n) is 17.4. The highest BCUT2D eigenvalue weighted by molar-refractivity contribution is 5.93. The van der Waals surface area contributed by atoms with Gasteiger partial charge in [-0.05, 0) is 80.4 Å². The van der Waals surface area contributed by atoms with Crippen molar-refractivity contribution in [3.05, 3.63) is 66.5 Å². The molecule has 6 nitrogen and oxygen atoms in total. The van der Waals surface area contributed by atoms with Crippen LogP contribution in [0.4, 0.5) is 15.9 Å². The van der Waals surface area contributed by atoms with Crippen LogP contribution in [0, 0.1) is 11.7 Å². The second-order valence-corrected chi connectivity index (χ2v) is 7.52. The second kappa shape index (κ2) is 9.55. The fourth-order valence-electron chi connectivity index (χ4n) is 3.71. The summed E-state index contributed by atoms with van der Waals surface area (Å²) in [7, 11) is 0. The third-order valence-corrected chi connectivity index (χ3v) is 5.34. The normalized spacial score (nSPS) is 16.1. The number of carbonyl (C=O) groups is 1. The molecule has 1 fully saturated rings. The molecule has 3 aromatic rings. The summed E-state index contributed by atoms with van der Waals surface area (Å²) >= 11 is 0. The lowest BCUT2D eigenvalue weighted by Gasteiger charge is -2.32. The Kier molecular flexibility index (Phi) is 6.40. The predicted octanol–water partition coefficient (Wildman–Crippen LogP) is 4.54. The zero-order valence-corrected chi connectivity index (χ0v) is 17.4. The summed E-state index contributed by atoms with van der Waals surface area (Å²) in [6.45, 7) is 3.97. The van der Waals surface area contributed by atoms with Gasteiger partial charge in [-0.15, -0.1) is 10.2 Å². The topological polar surface area (TPSA) is 67.3 Å². The molecule has 1 aromatic heterocycles. The Hall–Kier alpha value is -3.48. The Morgan fingerprint density at radius 3 is 2.55 bits per heavy atom. The predicted molar refractivity (Wildman–Crippen MR) is 119 cm³/mol. The van der Waals surface area contributed by atoms with E-state index in [1.54, 1.807) is 12.1 Å². The SMILES string of the molecule is CCOc1ccc(NC(=O)C2CCCN(c3ccc(-c4ccc(F)cc4)nn3)C2)cc1. The maximum Gasteiger partial charge on any atom is 0.229 e. The maximum absolute atomic E-state index is 13.1. The average Bonchev–Trinajstić information content (AvgIpc) is 2.81. The van der Waals surface area contributed by atoms with Crippen LogP contribution in [-0.4, -0.2) is 35.8 Å². The lowest BCUT2D eigenvalue weighted by molar-refractivity contribution is -0.120. The molecule has 4 rings (SSSR count). The van der Waals surface area contributed by atoms with Gasteiger partial charge in [-0.2, -0.15) is 0 Å². The highest BCUT2D eigenvalue weighted by Gasteiger charge is 2.27. The smallest absolute Gasteiger partial charge is 0.229 e. The van der Waals surface area contributed by atoms with E-state index >= 15 is 0 Å². The molecule has 0 aliphatic carbocycles.